The normalized spacial score (nSPS) is 13.0. The summed E-state index contributed by atoms with van der Waals surface area (Å²) in [7, 11) is 0. The molecule has 0 saturated heterocycles. The number of alkyl halides is 3. The second kappa shape index (κ2) is 3.88. The Morgan fingerprint density at radius 1 is 1.21 bits per heavy atom. The van der Waals surface area contributed by atoms with E-state index in [1.807, 2.05) is 0 Å². The minimum Gasteiger partial charge on any atom is -0.410 e. The summed E-state index contributed by atoms with van der Waals surface area (Å²) < 4.78 is 36.5. The molecule has 1 aromatic carbocycles. The van der Waals surface area contributed by atoms with Crippen molar-refractivity contribution in [3.05, 3.63) is 34.9 Å². The van der Waals surface area contributed by atoms with Gasteiger partial charge in [0.25, 0.3) is 0 Å². The van der Waals surface area contributed by atoms with Gasteiger partial charge in [0.2, 0.25) is 0 Å². The Bertz CT molecular complexity index is 345. The van der Waals surface area contributed by atoms with Crippen LogP contribution in [0.3, 0.4) is 0 Å². The van der Waals surface area contributed by atoms with E-state index in [2.05, 4.69) is 5.16 Å². The predicted octanol–water partition coefficient (Wildman–Crippen LogP) is 3.08. The van der Waals surface area contributed by atoms with Gasteiger partial charge >= 0.3 is 6.18 Å². The molecule has 0 aliphatic heterocycles. The lowest BCUT2D eigenvalue weighted by atomic mass is 10.1. The molecule has 2 nitrogen and oxygen atoms in total. The number of hydrogen-bond acceptors (Lipinski definition) is 2. The minimum absolute atomic E-state index is 0.232. The van der Waals surface area contributed by atoms with Crippen molar-refractivity contribution in [1.29, 1.82) is 0 Å². The number of halogens is 4. The van der Waals surface area contributed by atoms with E-state index in [-0.39, 0.29) is 5.56 Å². The van der Waals surface area contributed by atoms with E-state index in [1.165, 1.54) is 12.1 Å². The zero-order valence-electron chi connectivity index (χ0n) is 6.72. The summed E-state index contributed by atoms with van der Waals surface area (Å²) in [5.41, 5.74) is -1.57. The molecule has 0 saturated carbocycles. The Labute approximate surface area is 82.6 Å². The van der Waals surface area contributed by atoms with E-state index in [4.69, 9.17) is 16.8 Å². The van der Waals surface area contributed by atoms with Crippen molar-refractivity contribution in [2.45, 2.75) is 6.18 Å². The molecule has 14 heavy (non-hydrogen) atoms. The van der Waals surface area contributed by atoms with Gasteiger partial charge < -0.3 is 5.21 Å². The van der Waals surface area contributed by atoms with E-state index in [0.29, 0.717) is 5.02 Å². The highest BCUT2D eigenvalue weighted by atomic mass is 35.5. The summed E-state index contributed by atoms with van der Waals surface area (Å²) in [6, 6.07) is 4.83. The maximum atomic E-state index is 12.2. The molecule has 0 unspecified atom stereocenters. The summed E-state index contributed by atoms with van der Waals surface area (Å²) in [6.45, 7) is 0. The number of oxime groups is 1. The SMILES string of the molecule is O/N=C(\c1ccc(Cl)cc1)C(F)(F)F. The van der Waals surface area contributed by atoms with Crippen molar-refractivity contribution in [2.24, 2.45) is 5.16 Å². The van der Waals surface area contributed by atoms with E-state index in [9.17, 15) is 13.2 Å². The van der Waals surface area contributed by atoms with Crippen LogP contribution in [0, 0.1) is 0 Å². The monoisotopic (exact) mass is 223 g/mol. The Morgan fingerprint density at radius 3 is 2.07 bits per heavy atom. The first kappa shape index (κ1) is 10.8. The third-order valence-corrected chi connectivity index (χ3v) is 1.74. The molecule has 0 heterocycles. The van der Waals surface area contributed by atoms with E-state index in [1.54, 1.807) is 0 Å². The summed E-state index contributed by atoms with van der Waals surface area (Å²) >= 11 is 5.49. The van der Waals surface area contributed by atoms with Gasteiger partial charge in [-0.05, 0) is 12.1 Å². The molecule has 0 fully saturated rings. The van der Waals surface area contributed by atoms with E-state index in [0.717, 1.165) is 12.1 Å². The zero-order chi connectivity index (χ0) is 10.8. The highest BCUT2D eigenvalue weighted by molar-refractivity contribution is 6.30. The lowest BCUT2D eigenvalue weighted by molar-refractivity contribution is -0.0601. The molecule has 1 aromatic rings. The highest BCUT2D eigenvalue weighted by Crippen LogP contribution is 2.23. The molecular weight excluding hydrogens is 219 g/mol. The lowest BCUT2D eigenvalue weighted by Crippen LogP contribution is -2.23. The first-order valence-electron chi connectivity index (χ1n) is 3.50. The quantitative estimate of drug-likeness (QED) is 0.443. The van der Waals surface area contributed by atoms with Gasteiger partial charge in [-0.3, -0.25) is 0 Å². The van der Waals surface area contributed by atoms with Gasteiger partial charge in [0.15, 0.2) is 5.71 Å². The van der Waals surface area contributed by atoms with Crippen molar-refractivity contribution < 1.29 is 18.4 Å². The van der Waals surface area contributed by atoms with Gasteiger partial charge in [-0.1, -0.05) is 28.9 Å². The first-order valence-corrected chi connectivity index (χ1v) is 3.88. The van der Waals surface area contributed by atoms with Crippen LogP contribution in [0.25, 0.3) is 0 Å². The maximum absolute atomic E-state index is 12.2. The van der Waals surface area contributed by atoms with Gasteiger partial charge in [-0.15, -0.1) is 0 Å². The van der Waals surface area contributed by atoms with Gasteiger partial charge in [-0.25, -0.2) is 0 Å². The molecule has 0 radical (unpaired) electrons. The molecule has 0 spiro atoms. The molecular formula is C8H5ClF3NO. The fourth-order valence-electron chi connectivity index (χ4n) is 0.886. The topological polar surface area (TPSA) is 32.6 Å². The molecule has 1 rings (SSSR count). The third-order valence-electron chi connectivity index (χ3n) is 1.49. The van der Waals surface area contributed by atoms with Crippen LogP contribution in [0.1, 0.15) is 5.56 Å². The predicted molar refractivity (Wildman–Crippen MR) is 45.8 cm³/mol. The molecule has 0 aliphatic carbocycles. The Balaban J connectivity index is 3.10. The molecule has 76 valence electrons. The molecule has 0 atom stereocenters. The standard InChI is InChI=1S/C8H5ClF3NO/c9-6-3-1-5(2-4-6)7(13-14)8(10,11)12/h1-4,14H/b13-7+. The van der Waals surface area contributed by atoms with Crippen molar-refractivity contribution >= 4 is 17.3 Å². The van der Waals surface area contributed by atoms with Gasteiger partial charge in [0, 0.05) is 10.6 Å². The van der Waals surface area contributed by atoms with Crippen LogP contribution in [0.2, 0.25) is 5.02 Å². The lowest BCUT2D eigenvalue weighted by Gasteiger charge is -2.07. The van der Waals surface area contributed by atoms with Gasteiger partial charge in [0.1, 0.15) is 0 Å². The molecule has 6 heteroatoms. The van der Waals surface area contributed by atoms with E-state index >= 15 is 0 Å². The van der Waals surface area contributed by atoms with Crippen molar-refractivity contribution in [2.75, 3.05) is 0 Å². The van der Waals surface area contributed by atoms with Crippen LogP contribution in [-0.4, -0.2) is 17.1 Å². The smallest absolute Gasteiger partial charge is 0.410 e. The summed E-state index contributed by atoms with van der Waals surface area (Å²) in [5, 5.41) is 10.7. The second-order valence-corrected chi connectivity index (χ2v) is 2.89. The van der Waals surface area contributed by atoms with Gasteiger partial charge in [-0.2, -0.15) is 13.2 Å². The summed E-state index contributed by atoms with van der Waals surface area (Å²) in [6.07, 6.45) is -4.68. The number of rotatable bonds is 1. The summed E-state index contributed by atoms with van der Waals surface area (Å²) in [4.78, 5) is 0. The van der Waals surface area contributed by atoms with Gasteiger partial charge in [0.05, 0.1) is 0 Å². The largest absolute Gasteiger partial charge is 0.437 e. The average Bonchev–Trinajstić information content (AvgIpc) is 2.07. The van der Waals surface area contributed by atoms with Crippen molar-refractivity contribution in [1.82, 2.24) is 0 Å². The highest BCUT2D eigenvalue weighted by Gasteiger charge is 2.37. The molecule has 1 N–H and O–H groups in total. The summed E-state index contributed by atoms with van der Waals surface area (Å²) in [5.74, 6) is 0. The molecule has 0 amide bonds. The first-order chi connectivity index (χ1) is 6.45. The van der Waals surface area contributed by atoms with Crippen LogP contribution < -0.4 is 0 Å². The second-order valence-electron chi connectivity index (χ2n) is 2.45. The molecule has 0 aliphatic rings. The van der Waals surface area contributed by atoms with Crippen LogP contribution in [0.5, 0.6) is 0 Å². The Morgan fingerprint density at radius 2 is 1.71 bits per heavy atom. The number of benzene rings is 1. The fourth-order valence-corrected chi connectivity index (χ4v) is 1.01. The van der Waals surface area contributed by atoms with E-state index < -0.39 is 11.9 Å². The Hall–Kier alpha value is -1.23. The van der Waals surface area contributed by atoms with Crippen LogP contribution in [0.15, 0.2) is 29.4 Å². The van der Waals surface area contributed by atoms with Crippen LogP contribution in [0.4, 0.5) is 13.2 Å². The Kier molecular flexibility index (Phi) is 3.00. The minimum atomic E-state index is -4.68. The fraction of sp³-hybridized carbons (Fsp3) is 0.125. The zero-order valence-corrected chi connectivity index (χ0v) is 7.47. The third kappa shape index (κ3) is 2.38. The molecule has 0 aromatic heterocycles. The number of hydrogen-bond donors (Lipinski definition) is 1. The van der Waals surface area contributed by atoms with Crippen LogP contribution >= 0.6 is 11.6 Å². The van der Waals surface area contributed by atoms with Crippen molar-refractivity contribution in [3.8, 4) is 0 Å². The number of nitrogens with zero attached hydrogens (tertiary/aromatic N) is 1. The average molecular weight is 224 g/mol. The van der Waals surface area contributed by atoms with Crippen LogP contribution in [-0.2, 0) is 0 Å². The maximum Gasteiger partial charge on any atom is 0.437 e. The van der Waals surface area contributed by atoms with Crippen molar-refractivity contribution in [3.63, 3.8) is 0 Å². The molecule has 0 bridgehead atoms.